The summed E-state index contributed by atoms with van der Waals surface area (Å²) in [5.74, 6) is -0.966. The molecule has 0 fully saturated rings. The van der Waals surface area contributed by atoms with Crippen molar-refractivity contribution in [1.82, 2.24) is 20.6 Å². The van der Waals surface area contributed by atoms with Crippen LogP contribution in [0.1, 0.15) is 22.3 Å². The van der Waals surface area contributed by atoms with Gasteiger partial charge >= 0.3 is 0 Å². The number of hydrogen-bond acceptors (Lipinski definition) is 5. The first-order chi connectivity index (χ1) is 16.6. The fourth-order valence-electron chi connectivity index (χ4n) is 2.94. The second-order valence-electron chi connectivity index (χ2n) is 7.06. The fraction of sp³-hybridized carbons (Fsp3) is 0.0769. The number of nitrogens with one attached hydrogen (secondary N) is 2. The van der Waals surface area contributed by atoms with Crippen LogP contribution in [0.4, 0.5) is 0 Å². The van der Waals surface area contributed by atoms with Crippen molar-refractivity contribution in [3.63, 3.8) is 0 Å². The number of carbonyl (C=O) groups is 2. The van der Waals surface area contributed by atoms with Crippen molar-refractivity contribution >= 4 is 24.0 Å². The van der Waals surface area contributed by atoms with Gasteiger partial charge in [0.25, 0.3) is 17.5 Å². The molecule has 0 spiro atoms. The molecule has 2 amide bonds. The monoisotopic (exact) mass is 448 g/mol. The molecule has 8 nitrogen and oxygen atoms in total. The van der Waals surface area contributed by atoms with E-state index >= 15 is 0 Å². The van der Waals surface area contributed by atoms with Crippen molar-refractivity contribution in [3.05, 3.63) is 118 Å². The first kappa shape index (κ1) is 23.6. The van der Waals surface area contributed by atoms with Crippen molar-refractivity contribution in [2.24, 2.45) is 0 Å². The molecule has 0 bridgehead atoms. The Morgan fingerprint density at radius 1 is 0.882 bits per heavy atom. The lowest BCUT2D eigenvalue weighted by Crippen LogP contribution is -2.25. The molecule has 0 atom stereocenters. The van der Waals surface area contributed by atoms with Gasteiger partial charge < -0.3 is 10.6 Å². The van der Waals surface area contributed by atoms with Crippen LogP contribution in [-0.2, 0) is 22.7 Å². The Labute approximate surface area is 197 Å². The van der Waals surface area contributed by atoms with Gasteiger partial charge in [-0.2, -0.15) is 5.26 Å². The van der Waals surface area contributed by atoms with Crippen molar-refractivity contribution in [2.45, 2.75) is 13.1 Å². The van der Waals surface area contributed by atoms with Gasteiger partial charge in [-0.25, -0.2) is 4.85 Å². The van der Waals surface area contributed by atoms with E-state index in [4.69, 9.17) is 6.57 Å². The van der Waals surface area contributed by atoms with Crippen LogP contribution in [0.2, 0.25) is 0 Å². The number of hydrogen-bond donors (Lipinski definition) is 2. The Hall–Kier alpha value is -5.08. The SMILES string of the molecule is [C-]#[N+]/C(=C/c1ccncc1)C(=O)NCc1cccc(CNC(=O)/C(C#N)=C\c2ccncc2)c1. The zero-order valence-electron chi connectivity index (χ0n) is 18.1. The number of rotatable bonds is 8. The van der Waals surface area contributed by atoms with E-state index in [1.165, 1.54) is 12.2 Å². The summed E-state index contributed by atoms with van der Waals surface area (Å²) in [6, 6.07) is 16.0. The summed E-state index contributed by atoms with van der Waals surface area (Å²) in [6.07, 6.45) is 9.34. The highest BCUT2D eigenvalue weighted by Crippen LogP contribution is 2.10. The van der Waals surface area contributed by atoms with Crippen LogP contribution in [0.15, 0.2) is 84.6 Å². The number of nitriles is 1. The third kappa shape index (κ3) is 6.98. The molecule has 2 N–H and O–H groups in total. The number of amides is 2. The molecule has 0 saturated carbocycles. The second kappa shape index (κ2) is 12.1. The number of nitrogens with zero attached hydrogens (tertiary/aromatic N) is 4. The summed E-state index contributed by atoms with van der Waals surface area (Å²) < 4.78 is 0. The van der Waals surface area contributed by atoms with E-state index in [2.05, 4.69) is 25.4 Å². The molecule has 166 valence electrons. The first-order valence-electron chi connectivity index (χ1n) is 10.2. The van der Waals surface area contributed by atoms with Crippen LogP contribution in [0.25, 0.3) is 17.0 Å². The number of aromatic nitrogens is 2. The van der Waals surface area contributed by atoms with Gasteiger partial charge in [-0.1, -0.05) is 24.3 Å². The van der Waals surface area contributed by atoms with E-state index in [9.17, 15) is 14.9 Å². The molecule has 34 heavy (non-hydrogen) atoms. The van der Waals surface area contributed by atoms with Gasteiger partial charge in [0.05, 0.1) is 6.57 Å². The summed E-state index contributed by atoms with van der Waals surface area (Å²) in [6.45, 7) is 7.71. The lowest BCUT2D eigenvalue weighted by molar-refractivity contribution is -0.118. The molecule has 0 unspecified atom stereocenters. The lowest BCUT2D eigenvalue weighted by atomic mass is 10.1. The minimum Gasteiger partial charge on any atom is -0.357 e. The average molecular weight is 448 g/mol. The van der Waals surface area contributed by atoms with Crippen LogP contribution in [-0.4, -0.2) is 21.8 Å². The lowest BCUT2D eigenvalue weighted by Gasteiger charge is -2.08. The molecule has 2 aromatic heterocycles. The largest absolute Gasteiger partial charge is 0.357 e. The van der Waals surface area contributed by atoms with Crippen LogP contribution >= 0.6 is 0 Å². The van der Waals surface area contributed by atoms with Gasteiger partial charge in [0, 0.05) is 37.9 Å². The molecular weight excluding hydrogens is 428 g/mol. The quantitative estimate of drug-likeness (QED) is 0.312. The highest BCUT2D eigenvalue weighted by Gasteiger charge is 2.11. The molecule has 0 radical (unpaired) electrons. The summed E-state index contributed by atoms with van der Waals surface area (Å²) in [7, 11) is 0. The van der Waals surface area contributed by atoms with E-state index in [-0.39, 0.29) is 24.4 Å². The van der Waals surface area contributed by atoms with Crippen molar-refractivity contribution in [2.75, 3.05) is 0 Å². The minimum atomic E-state index is -0.485. The van der Waals surface area contributed by atoms with Gasteiger partial charge in [-0.15, -0.1) is 0 Å². The maximum absolute atomic E-state index is 12.4. The fourth-order valence-corrected chi connectivity index (χ4v) is 2.94. The molecule has 8 heteroatoms. The smallest absolute Gasteiger partial charge is 0.262 e. The summed E-state index contributed by atoms with van der Waals surface area (Å²) in [5, 5.41) is 14.8. The predicted molar refractivity (Wildman–Crippen MR) is 127 cm³/mol. The number of benzene rings is 1. The highest BCUT2D eigenvalue weighted by molar-refractivity contribution is 6.01. The first-order valence-corrected chi connectivity index (χ1v) is 10.2. The molecule has 0 aliphatic heterocycles. The van der Waals surface area contributed by atoms with Gasteiger partial charge in [0.1, 0.15) is 11.6 Å². The molecule has 2 heterocycles. The topological polar surface area (TPSA) is 112 Å². The van der Waals surface area contributed by atoms with E-state index in [1.54, 1.807) is 49.1 Å². The second-order valence-corrected chi connectivity index (χ2v) is 7.06. The average Bonchev–Trinajstić information content (AvgIpc) is 2.89. The molecular formula is C26H20N6O2. The standard InChI is InChI=1S/C26H20N6O2/c1-28-24(15-20-7-11-30-12-8-20)26(34)32-18-22-4-2-3-21(13-22)17-31-25(33)23(16-27)14-19-5-9-29-10-6-19/h2-15H,17-18H2,(H,31,33)(H,32,34)/b23-14-,24-15+. The maximum atomic E-state index is 12.4. The third-order valence-electron chi connectivity index (χ3n) is 4.64. The normalized spacial score (nSPS) is 11.1. The molecule has 3 aromatic rings. The maximum Gasteiger partial charge on any atom is 0.262 e. The molecule has 3 rings (SSSR count). The zero-order valence-corrected chi connectivity index (χ0v) is 18.1. The van der Waals surface area contributed by atoms with Gasteiger partial charge in [0.15, 0.2) is 0 Å². The molecule has 1 aromatic carbocycles. The van der Waals surface area contributed by atoms with Gasteiger partial charge in [0.2, 0.25) is 0 Å². The van der Waals surface area contributed by atoms with Crippen molar-refractivity contribution in [1.29, 1.82) is 5.26 Å². The van der Waals surface area contributed by atoms with Gasteiger partial charge in [-0.05, 0) is 58.7 Å². The third-order valence-corrected chi connectivity index (χ3v) is 4.64. The Balaban J connectivity index is 1.58. The minimum absolute atomic E-state index is 0.0118. The molecule has 0 aliphatic carbocycles. The summed E-state index contributed by atoms with van der Waals surface area (Å²) in [5.41, 5.74) is 2.99. The van der Waals surface area contributed by atoms with Crippen LogP contribution in [0, 0.1) is 17.9 Å². The number of carbonyl (C=O) groups excluding carboxylic acids is 2. The van der Waals surface area contributed by atoms with Crippen LogP contribution < -0.4 is 10.6 Å². The van der Waals surface area contributed by atoms with E-state index in [0.717, 1.165) is 11.1 Å². The van der Waals surface area contributed by atoms with E-state index in [1.807, 2.05) is 30.3 Å². The Morgan fingerprint density at radius 3 is 1.94 bits per heavy atom. The zero-order chi connectivity index (χ0) is 24.2. The van der Waals surface area contributed by atoms with Crippen LogP contribution in [0.5, 0.6) is 0 Å². The van der Waals surface area contributed by atoms with E-state index in [0.29, 0.717) is 11.1 Å². The predicted octanol–water partition coefficient (Wildman–Crippen LogP) is 3.28. The number of pyridine rings is 2. The van der Waals surface area contributed by atoms with Crippen molar-refractivity contribution in [3.8, 4) is 6.07 Å². The Kier molecular flexibility index (Phi) is 8.38. The Bertz CT molecular complexity index is 1200. The van der Waals surface area contributed by atoms with Gasteiger partial charge in [-0.3, -0.25) is 19.6 Å². The highest BCUT2D eigenvalue weighted by atomic mass is 16.2. The molecule has 0 aliphatic rings. The van der Waals surface area contributed by atoms with E-state index < -0.39 is 11.8 Å². The summed E-state index contributed by atoms with van der Waals surface area (Å²) in [4.78, 5) is 35.9. The molecule has 0 saturated heterocycles. The summed E-state index contributed by atoms with van der Waals surface area (Å²) >= 11 is 0. The Morgan fingerprint density at radius 2 is 1.41 bits per heavy atom. The van der Waals surface area contributed by atoms with Crippen LogP contribution in [0.3, 0.4) is 0 Å². The van der Waals surface area contributed by atoms with Crippen molar-refractivity contribution < 1.29 is 9.59 Å².